The summed E-state index contributed by atoms with van der Waals surface area (Å²) in [5, 5.41) is 11.6. The molecule has 0 fully saturated rings. The second kappa shape index (κ2) is 17.8. The Labute approximate surface area is 230 Å². The van der Waals surface area contributed by atoms with Gasteiger partial charge in [-0.25, -0.2) is 0 Å². The summed E-state index contributed by atoms with van der Waals surface area (Å²) < 4.78 is 13.8. The van der Waals surface area contributed by atoms with Crippen molar-refractivity contribution >= 4 is 10.9 Å². The van der Waals surface area contributed by atoms with Crippen LogP contribution in [0.25, 0.3) is 10.9 Å². The maximum atomic E-state index is 13.2. The molecule has 2 rings (SSSR count). The average Bonchev–Trinajstić information content (AvgIpc) is 2.89. The highest BCUT2D eigenvalue weighted by atomic mass is 16.5. The summed E-state index contributed by atoms with van der Waals surface area (Å²) in [6.07, 6.45) is 17.7. The molecule has 5 nitrogen and oxygen atoms in total. The Balaban J connectivity index is 2.23. The fraction of sp³-hybridized carbons (Fsp3) is 0.606. The van der Waals surface area contributed by atoms with E-state index in [0.29, 0.717) is 19.8 Å². The molecule has 0 unspecified atom stereocenters. The first-order chi connectivity index (χ1) is 18.4. The van der Waals surface area contributed by atoms with E-state index in [1.165, 1.54) is 43.3 Å². The van der Waals surface area contributed by atoms with Crippen LogP contribution < -0.4 is 15.0 Å². The Hall–Kier alpha value is -2.69. The van der Waals surface area contributed by atoms with Crippen LogP contribution in [0.2, 0.25) is 0 Å². The zero-order valence-electron chi connectivity index (χ0n) is 24.6. The molecule has 1 N–H and O–H groups in total. The van der Waals surface area contributed by atoms with Gasteiger partial charge in [-0.2, -0.15) is 0 Å². The molecule has 212 valence electrons. The molecule has 5 heteroatoms. The van der Waals surface area contributed by atoms with Gasteiger partial charge in [0.1, 0.15) is 12.4 Å². The second-order valence-electron chi connectivity index (χ2n) is 10.7. The number of hydrogen-bond donors (Lipinski definition) is 1. The van der Waals surface area contributed by atoms with Gasteiger partial charge >= 0.3 is 0 Å². The lowest BCUT2D eigenvalue weighted by molar-refractivity contribution is 0.304. The summed E-state index contributed by atoms with van der Waals surface area (Å²) in [6, 6.07) is 5.76. The Morgan fingerprint density at radius 3 is 2.29 bits per heavy atom. The van der Waals surface area contributed by atoms with Gasteiger partial charge in [0, 0.05) is 18.0 Å². The minimum Gasteiger partial charge on any atom is -0.500 e. The van der Waals surface area contributed by atoms with Crippen molar-refractivity contribution in [1.29, 1.82) is 0 Å². The number of rotatable bonds is 19. The third kappa shape index (κ3) is 10.6. The summed E-state index contributed by atoms with van der Waals surface area (Å²) in [5.74, 6) is 0.689. The van der Waals surface area contributed by atoms with Crippen LogP contribution in [0.15, 0.2) is 46.3 Å². The number of benzene rings is 1. The Morgan fingerprint density at radius 2 is 1.58 bits per heavy atom. The van der Waals surface area contributed by atoms with Crippen LogP contribution >= 0.6 is 0 Å². The van der Waals surface area contributed by atoms with Gasteiger partial charge in [0.2, 0.25) is 5.75 Å². The third-order valence-electron chi connectivity index (χ3n) is 6.92. The molecule has 0 bridgehead atoms. The molecule has 2 aromatic rings. The molecular formula is C33H51NO4. The Morgan fingerprint density at radius 1 is 0.895 bits per heavy atom. The van der Waals surface area contributed by atoms with Crippen molar-refractivity contribution in [2.75, 3.05) is 13.2 Å². The van der Waals surface area contributed by atoms with Crippen molar-refractivity contribution in [2.24, 2.45) is 0 Å². The quantitative estimate of drug-likeness (QED) is 0.147. The van der Waals surface area contributed by atoms with E-state index in [1.807, 2.05) is 24.3 Å². The molecule has 0 saturated heterocycles. The van der Waals surface area contributed by atoms with Crippen LogP contribution in [-0.2, 0) is 6.54 Å². The van der Waals surface area contributed by atoms with Crippen molar-refractivity contribution in [3.8, 4) is 17.2 Å². The van der Waals surface area contributed by atoms with Crippen LogP contribution in [0.5, 0.6) is 17.2 Å². The molecule has 0 aliphatic carbocycles. The van der Waals surface area contributed by atoms with Gasteiger partial charge in [-0.1, -0.05) is 82.4 Å². The number of aromatic hydroxyl groups is 1. The molecule has 0 radical (unpaired) electrons. The van der Waals surface area contributed by atoms with Crippen molar-refractivity contribution in [1.82, 2.24) is 4.57 Å². The summed E-state index contributed by atoms with van der Waals surface area (Å²) in [6.45, 7) is 12.2. The summed E-state index contributed by atoms with van der Waals surface area (Å²) in [7, 11) is 0. The number of aromatic nitrogens is 1. The molecule has 0 aliphatic heterocycles. The van der Waals surface area contributed by atoms with Gasteiger partial charge in [-0.3, -0.25) is 4.79 Å². The standard InChI is InChI=1S/C33H51NO4/c1-6-8-10-12-13-15-23-37-28-19-20-29-30(25-28)34(22-14-11-9-7-2)33(36)31(35)32(29)38-24-21-27(5)18-16-17-26(3)4/h17,19-21,25,35H,6-16,18,22-24H2,1-5H3/b27-21+. The van der Waals surface area contributed by atoms with Crippen molar-refractivity contribution < 1.29 is 14.6 Å². The zero-order chi connectivity index (χ0) is 27.8. The van der Waals surface area contributed by atoms with Gasteiger partial charge in [-0.15, -0.1) is 0 Å². The van der Waals surface area contributed by atoms with Gasteiger partial charge in [0.25, 0.3) is 5.56 Å². The molecule has 1 aromatic carbocycles. The minimum atomic E-state index is -0.402. The van der Waals surface area contributed by atoms with E-state index < -0.39 is 5.56 Å². The number of fused-ring (bicyclic) bond motifs is 1. The van der Waals surface area contributed by atoms with Crippen LogP contribution in [0, 0.1) is 0 Å². The predicted octanol–water partition coefficient (Wildman–Crippen LogP) is 9.10. The monoisotopic (exact) mass is 525 g/mol. The summed E-state index contributed by atoms with van der Waals surface area (Å²) in [4.78, 5) is 13.2. The molecular weight excluding hydrogens is 474 g/mol. The number of nitrogens with zero attached hydrogens (tertiary/aromatic N) is 1. The number of pyridine rings is 1. The van der Waals surface area contributed by atoms with E-state index in [2.05, 4.69) is 40.7 Å². The molecule has 0 aliphatic rings. The average molecular weight is 526 g/mol. The lowest BCUT2D eigenvalue weighted by Crippen LogP contribution is -2.21. The third-order valence-corrected chi connectivity index (χ3v) is 6.92. The van der Waals surface area contributed by atoms with E-state index >= 15 is 0 Å². The van der Waals surface area contributed by atoms with Crippen molar-refractivity contribution in [3.63, 3.8) is 0 Å². The molecule has 38 heavy (non-hydrogen) atoms. The first-order valence-electron chi connectivity index (χ1n) is 14.8. The van der Waals surface area contributed by atoms with Crippen LogP contribution in [0.1, 0.15) is 112 Å². The van der Waals surface area contributed by atoms with E-state index in [9.17, 15) is 9.90 Å². The highest BCUT2D eigenvalue weighted by Gasteiger charge is 2.18. The Bertz CT molecular complexity index is 1090. The molecule has 0 spiro atoms. The maximum Gasteiger partial charge on any atom is 0.297 e. The maximum absolute atomic E-state index is 13.2. The fourth-order valence-corrected chi connectivity index (χ4v) is 4.57. The molecule has 1 aromatic heterocycles. The smallest absolute Gasteiger partial charge is 0.297 e. The van der Waals surface area contributed by atoms with E-state index in [-0.39, 0.29) is 11.5 Å². The number of ether oxygens (including phenoxy) is 2. The van der Waals surface area contributed by atoms with E-state index in [1.54, 1.807) is 4.57 Å². The molecule has 0 atom stereocenters. The number of allylic oxidation sites excluding steroid dienone is 3. The normalized spacial score (nSPS) is 11.7. The van der Waals surface area contributed by atoms with Crippen LogP contribution in [0.3, 0.4) is 0 Å². The minimum absolute atomic E-state index is 0.255. The lowest BCUT2D eigenvalue weighted by Gasteiger charge is -2.17. The second-order valence-corrected chi connectivity index (χ2v) is 10.7. The van der Waals surface area contributed by atoms with E-state index in [4.69, 9.17) is 9.47 Å². The van der Waals surface area contributed by atoms with Gasteiger partial charge < -0.3 is 19.1 Å². The van der Waals surface area contributed by atoms with Gasteiger partial charge in [0.05, 0.1) is 12.1 Å². The number of hydrogen-bond acceptors (Lipinski definition) is 4. The van der Waals surface area contributed by atoms with E-state index in [0.717, 1.165) is 61.6 Å². The summed E-state index contributed by atoms with van der Waals surface area (Å²) in [5.41, 5.74) is 2.89. The topological polar surface area (TPSA) is 60.7 Å². The summed E-state index contributed by atoms with van der Waals surface area (Å²) >= 11 is 0. The predicted molar refractivity (Wildman–Crippen MR) is 161 cm³/mol. The van der Waals surface area contributed by atoms with Crippen molar-refractivity contribution in [2.45, 2.75) is 118 Å². The highest BCUT2D eigenvalue weighted by molar-refractivity contribution is 5.89. The van der Waals surface area contributed by atoms with Gasteiger partial charge in [-0.05, 0) is 64.7 Å². The molecule has 1 heterocycles. The Kier molecular flexibility index (Phi) is 14.7. The largest absolute Gasteiger partial charge is 0.500 e. The number of aryl methyl sites for hydroxylation is 1. The molecule has 0 amide bonds. The first kappa shape index (κ1) is 31.5. The fourth-order valence-electron chi connectivity index (χ4n) is 4.57. The highest BCUT2D eigenvalue weighted by Crippen LogP contribution is 2.34. The van der Waals surface area contributed by atoms with Crippen LogP contribution in [0.4, 0.5) is 0 Å². The first-order valence-corrected chi connectivity index (χ1v) is 14.8. The number of unbranched alkanes of at least 4 members (excludes halogenated alkanes) is 8. The molecule has 0 saturated carbocycles. The SMILES string of the molecule is CCCCCCCCOc1ccc2c(OC/C=C(\C)CCC=C(C)C)c(O)c(=O)n(CCCCCC)c2c1. The van der Waals surface area contributed by atoms with Crippen LogP contribution in [-0.4, -0.2) is 22.9 Å². The van der Waals surface area contributed by atoms with Gasteiger partial charge in [0.15, 0.2) is 5.75 Å². The zero-order valence-corrected chi connectivity index (χ0v) is 24.6. The van der Waals surface area contributed by atoms with Crippen molar-refractivity contribution in [3.05, 3.63) is 51.9 Å². The lowest BCUT2D eigenvalue weighted by atomic mass is 10.1.